The van der Waals surface area contributed by atoms with Crippen molar-refractivity contribution in [2.24, 2.45) is 7.05 Å². The summed E-state index contributed by atoms with van der Waals surface area (Å²) >= 11 is 0. The lowest BCUT2D eigenvalue weighted by Gasteiger charge is -2.09. The van der Waals surface area contributed by atoms with E-state index in [0.717, 1.165) is 33.3 Å². The minimum absolute atomic E-state index is 0.365. The molecule has 166 valence electrons. The topological polar surface area (TPSA) is 29.9 Å². The van der Waals surface area contributed by atoms with E-state index in [1.54, 1.807) is 0 Å². The summed E-state index contributed by atoms with van der Waals surface area (Å²) < 4.78 is 8.59. The van der Waals surface area contributed by atoms with E-state index < -0.39 is 0 Å². The third kappa shape index (κ3) is 3.72. The average molecular weight is 436 g/mol. The number of aromatic nitrogens is 2. The van der Waals surface area contributed by atoms with Gasteiger partial charge in [-0.3, -0.25) is 0 Å². The quantitative estimate of drug-likeness (QED) is 0.271. The van der Waals surface area contributed by atoms with Crippen molar-refractivity contribution in [2.45, 2.75) is 46.5 Å². The van der Waals surface area contributed by atoms with E-state index >= 15 is 0 Å². The van der Waals surface area contributed by atoms with Crippen LogP contribution in [0.4, 0.5) is 0 Å². The Hall–Kier alpha value is -3.46. The molecule has 5 rings (SSSR count). The van der Waals surface area contributed by atoms with Gasteiger partial charge in [0.25, 0.3) is 0 Å². The third-order valence-electron chi connectivity index (χ3n) is 6.63. The van der Waals surface area contributed by atoms with Crippen LogP contribution in [0.15, 0.2) is 71.3 Å². The number of aryl methyl sites for hydroxylation is 2. The molecule has 0 aliphatic heterocycles. The Bertz CT molecular complexity index is 1470. The first-order chi connectivity index (χ1) is 15.8. The maximum absolute atomic E-state index is 6.39. The minimum Gasteiger partial charge on any atom is -0.437 e. The molecule has 0 amide bonds. The molecule has 0 radical (unpaired) electrons. The van der Waals surface area contributed by atoms with Crippen molar-refractivity contribution in [2.75, 3.05) is 0 Å². The number of benzene rings is 2. The zero-order valence-corrected chi connectivity index (χ0v) is 20.3. The zero-order chi connectivity index (χ0) is 23.3. The summed E-state index contributed by atoms with van der Waals surface area (Å²) in [5.41, 5.74) is 9.91. The Morgan fingerprint density at radius 3 is 2.12 bits per heavy atom. The number of rotatable bonds is 4. The van der Waals surface area contributed by atoms with Crippen molar-refractivity contribution < 1.29 is 8.98 Å². The molecule has 3 heterocycles. The lowest BCUT2D eigenvalue weighted by Crippen LogP contribution is -2.31. The molecule has 5 aromatic rings. The van der Waals surface area contributed by atoms with Crippen LogP contribution in [0.3, 0.4) is 0 Å². The molecule has 0 fully saturated rings. The van der Waals surface area contributed by atoms with Crippen molar-refractivity contribution in [1.82, 2.24) is 4.98 Å². The molecule has 0 spiro atoms. The molecule has 0 aliphatic carbocycles. The number of hydrogen-bond donors (Lipinski definition) is 0. The first kappa shape index (κ1) is 21.4. The molecular weight excluding hydrogens is 404 g/mol. The third-order valence-corrected chi connectivity index (χ3v) is 6.63. The summed E-state index contributed by atoms with van der Waals surface area (Å²) in [6.45, 7) is 10.9. The fourth-order valence-corrected chi connectivity index (χ4v) is 4.57. The van der Waals surface area contributed by atoms with Crippen molar-refractivity contribution in [3.8, 4) is 22.4 Å². The highest BCUT2D eigenvalue weighted by atomic mass is 16.3. The standard InChI is InChI=1S/C30H31N2O/c1-18(2)21-8-10-22(11-9-21)23-12-16-27(32(6)17-23)28-20(5)7-13-24-25-14-15-26(19(3)4)31-30(25)33-29(24)28/h7-19H,1-6H3/q+1. The summed E-state index contributed by atoms with van der Waals surface area (Å²) in [7, 11) is 2.11. The Balaban J connectivity index is 1.64. The van der Waals surface area contributed by atoms with Gasteiger partial charge in [-0.05, 0) is 53.6 Å². The van der Waals surface area contributed by atoms with E-state index in [-0.39, 0.29) is 0 Å². The van der Waals surface area contributed by atoms with Gasteiger partial charge in [0.05, 0.1) is 5.56 Å². The first-order valence-electron chi connectivity index (χ1n) is 11.8. The van der Waals surface area contributed by atoms with E-state index in [4.69, 9.17) is 9.40 Å². The van der Waals surface area contributed by atoms with Gasteiger partial charge in [-0.15, -0.1) is 0 Å². The molecule has 3 heteroatoms. The second-order valence-corrected chi connectivity index (χ2v) is 9.67. The van der Waals surface area contributed by atoms with Crippen LogP contribution in [0, 0.1) is 6.92 Å². The maximum atomic E-state index is 6.39. The van der Waals surface area contributed by atoms with Gasteiger partial charge in [0.2, 0.25) is 11.4 Å². The Kier molecular flexibility index (Phi) is 5.28. The van der Waals surface area contributed by atoms with E-state index in [2.05, 4.69) is 113 Å². The number of fused-ring (bicyclic) bond motifs is 3. The fourth-order valence-electron chi connectivity index (χ4n) is 4.57. The van der Waals surface area contributed by atoms with Crippen molar-refractivity contribution in [3.63, 3.8) is 0 Å². The van der Waals surface area contributed by atoms with Crippen molar-refractivity contribution in [3.05, 3.63) is 83.7 Å². The molecule has 0 saturated heterocycles. The Morgan fingerprint density at radius 1 is 0.758 bits per heavy atom. The van der Waals surface area contributed by atoms with Crippen LogP contribution in [-0.2, 0) is 7.05 Å². The average Bonchev–Trinajstić information content (AvgIpc) is 3.17. The van der Waals surface area contributed by atoms with E-state index in [1.807, 2.05) is 0 Å². The van der Waals surface area contributed by atoms with Crippen molar-refractivity contribution in [1.29, 1.82) is 0 Å². The highest BCUT2D eigenvalue weighted by molar-refractivity contribution is 6.08. The Labute approximate surface area is 195 Å². The van der Waals surface area contributed by atoms with Gasteiger partial charge in [-0.1, -0.05) is 64.1 Å². The zero-order valence-electron chi connectivity index (χ0n) is 20.3. The predicted octanol–water partition coefficient (Wildman–Crippen LogP) is 7.69. The normalized spacial score (nSPS) is 11.9. The second-order valence-electron chi connectivity index (χ2n) is 9.67. The largest absolute Gasteiger partial charge is 0.437 e. The maximum Gasteiger partial charge on any atom is 0.227 e. The molecule has 0 bridgehead atoms. The summed E-state index contributed by atoms with van der Waals surface area (Å²) in [5.74, 6) is 0.902. The molecule has 0 aliphatic rings. The summed E-state index contributed by atoms with van der Waals surface area (Å²) in [6.07, 6.45) is 2.20. The lowest BCUT2D eigenvalue weighted by atomic mass is 9.98. The van der Waals surface area contributed by atoms with E-state index in [0.29, 0.717) is 17.5 Å². The van der Waals surface area contributed by atoms with Gasteiger partial charge in [-0.2, -0.15) is 0 Å². The van der Waals surface area contributed by atoms with Gasteiger partial charge in [0.15, 0.2) is 11.8 Å². The number of hydrogen-bond acceptors (Lipinski definition) is 2. The summed E-state index contributed by atoms with van der Waals surface area (Å²) in [4.78, 5) is 4.80. The molecule has 2 aromatic carbocycles. The first-order valence-corrected chi connectivity index (χ1v) is 11.8. The van der Waals surface area contributed by atoms with Crippen LogP contribution < -0.4 is 4.57 Å². The molecule has 33 heavy (non-hydrogen) atoms. The van der Waals surface area contributed by atoms with Crippen LogP contribution >= 0.6 is 0 Å². The smallest absolute Gasteiger partial charge is 0.227 e. The molecule has 0 unspecified atom stereocenters. The molecule has 0 saturated carbocycles. The van der Waals surface area contributed by atoms with E-state index in [9.17, 15) is 0 Å². The predicted molar refractivity (Wildman–Crippen MR) is 136 cm³/mol. The monoisotopic (exact) mass is 435 g/mol. The van der Waals surface area contributed by atoms with Crippen LogP contribution in [-0.4, -0.2) is 4.98 Å². The highest BCUT2D eigenvalue weighted by Crippen LogP contribution is 2.37. The molecule has 0 atom stereocenters. The molecule has 0 N–H and O–H groups in total. The Morgan fingerprint density at radius 2 is 1.45 bits per heavy atom. The van der Waals surface area contributed by atoms with Crippen LogP contribution in [0.2, 0.25) is 0 Å². The second kappa shape index (κ2) is 8.15. The van der Waals surface area contributed by atoms with Crippen molar-refractivity contribution >= 4 is 22.1 Å². The van der Waals surface area contributed by atoms with Gasteiger partial charge < -0.3 is 4.42 Å². The number of furan rings is 1. The summed E-state index contributed by atoms with van der Waals surface area (Å²) in [6, 6.07) is 21.9. The number of pyridine rings is 2. The SMILES string of the molecule is Cc1ccc2c(oc3nc(C(C)C)ccc32)c1-c1ccc(-c2ccc(C(C)C)cc2)c[n+]1C. The lowest BCUT2D eigenvalue weighted by molar-refractivity contribution is -0.659. The summed E-state index contributed by atoms with van der Waals surface area (Å²) in [5, 5.41) is 2.18. The van der Waals surface area contributed by atoms with Gasteiger partial charge in [0, 0.05) is 28.1 Å². The molecular formula is C30H31N2O+. The minimum atomic E-state index is 0.365. The van der Waals surface area contributed by atoms with Crippen LogP contribution in [0.25, 0.3) is 44.5 Å². The molecule has 3 nitrogen and oxygen atoms in total. The van der Waals surface area contributed by atoms with Crippen LogP contribution in [0.5, 0.6) is 0 Å². The van der Waals surface area contributed by atoms with E-state index in [1.165, 1.54) is 22.3 Å². The van der Waals surface area contributed by atoms with Gasteiger partial charge >= 0.3 is 0 Å². The number of nitrogens with zero attached hydrogens (tertiary/aromatic N) is 2. The van der Waals surface area contributed by atoms with Gasteiger partial charge in [-0.25, -0.2) is 9.55 Å². The fraction of sp³-hybridized carbons (Fsp3) is 0.267. The van der Waals surface area contributed by atoms with Crippen LogP contribution in [0.1, 0.15) is 56.4 Å². The van der Waals surface area contributed by atoms with Gasteiger partial charge in [0.1, 0.15) is 7.05 Å². The molecule has 3 aromatic heterocycles. The highest BCUT2D eigenvalue weighted by Gasteiger charge is 2.22.